The van der Waals surface area contributed by atoms with E-state index in [0.29, 0.717) is 12.1 Å². The topological polar surface area (TPSA) is 40.7 Å². The monoisotopic (exact) mass is 345 g/mol. The fourth-order valence-corrected chi connectivity index (χ4v) is 4.91. The Labute approximate surface area is 155 Å². The highest BCUT2D eigenvalue weighted by Gasteiger charge is 2.26. The molecule has 0 spiro atoms. The average Bonchev–Trinajstić information content (AvgIpc) is 3.08. The Morgan fingerprint density at radius 2 is 1.73 bits per heavy atom. The van der Waals surface area contributed by atoms with Gasteiger partial charge in [0.25, 0.3) is 0 Å². The van der Waals surface area contributed by atoms with Crippen molar-refractivity contribution in [3.05, 3.63) is 54.0 Å². The van der Waals surface area contributed by atoms with Gasteiger partial charge in [-0.25, -0.2) is 0 Å². The molecule has 0 radical (unpaired) electrons. The molecule has 2 aliphatic carbocycles. The summed E-state index contributed by atoms with van der Waals surface area (Å²) in [6.45, 7) is 0. The lowest BCUT2D eigenvalue weighted by Crippen LogP contribution is -2.36. The number of benzene rings is 1. The van der Waals surface area contributed by atoms with Gasteiger partial charge in [0.05, 0.1) is 0 Å². The van der Waals surface area contributed by atoms with Gasteiger partial charge in [-0.05, 0) is 73.1 Å². The molecule has 5 rings (SSSR count). The third-order valence-electron chi connectivity index (χ3n) is 6.26. The lowest BCUT2D eigenvalue weighted by Gasteiger charge is -2.31. The van der Waals surface area contributed by atoms with Crippen molar-refractivity contribution in [2.75, 3.05) is 0 Å². The Balaban J connectivity index is 1.49. The molecule has 3 aromatic rings. The minimum atomic E-state index is 0.499. The molecule has 0 aliphatic heterocycles. The summed E-state index contributed by atoms with van der Waals surface area (Å²) in [5.41, 5.74) is 6.79. The van der Waals surface area contributed by atoms with Gasteiger partial charge in [0.1, 0.15) is 0 Å². The predicted molar refractivity (Wildman–Crippen MR) is 107 cm³/mol. The number of pyridine rings is 1. The Kier molecular flexibility index (Phi) is 4.25. The molecule has 134 valence electrons. The molecule has 2 aromatic heterocycles. The summed E-state index contributed by atoms with van der Waals surface area (Å²) < 4.78 is 0. The minimum absolute atomic E-state index is 0.499. The predicted octanol–water partition coefficient (Wildman–Crippen LogP) is 5.53. The average molecular weight is 345 g/mol. The Hall–Kier alpha value is -2.13. The van der Waals surface area contributed by atoms with Gasteiger partial charge in [0.15, 0.2) is 0 Å². The smallest absolute Gasteiger partial charge is 0.0478 e. The van der Waals surface area contributed by atoms with Crippen molar-refractivity contribution in [1.29, 1.82) is 0 Å². The SMILES string of the molecule is c1cc(-c2ccc3[nH]c4c(c3c2)CCCC4NC2CCCCC2)ccn1. The van der Waals surface area contributed by atoms with E-state index in [-0.39, 0.29) is 0 Å². The first-order valence-corrected chi connectivity index (χ1v) is 10.2. The second kappa shape index (κ2) is 6.88. The third kappa shape index (κ3) is 2.95. The fraction of sp³-hybridized carbons (Fsp3) is 0.435. The van der Waals surface area contributed by atoms with Crippen molar-refractivity contribution in [2.24, 2.45) is 0 Å². The number of fused-ring (bicyclic) bond motifs is 3. The number of nitrogens with zero attached hydrogens (tertiary/aromatic N) is 1. The molecule has 1 aromatic carbocycles. The molecule has 26 heavy (non-hydrogen) atoms. The van der Waals surface area contributed by atoms with E-state index in [1.807, 2.05) is 12.4 Å². The summed E-state index contributed by atoms with van der Waals surface area (Å²) in [5.74, 6) is 0. The van der Waals surface area contributed by atoms with Crippen LogP contribution in [-0.4, -0.2) is 16.0 Å². The van der Waals surface area contributed by atoms with Gasteiger partial charge in [-0.2, -0.15) is 0 Å². The van der Waals surface area contributed by atoms with Gasteiger partial charge < -0.3 is 10.3 Å². The van der Waals surface area contributed by atoms with Crippen LogP contribution < -0.4 is 5.32 Å². The van der Waals surface area contributed by atoms with Gasteiger partial charge in [0.2, 0.25) is 0 Å². The summed E-state index contributed by atoms with van der Waals surface area (Å²) >= 11 is 0. The van der Waals surface area contributed by atoms with E-state index in [4.69, 9.17) is 0 Å². The van der Waals surface area contributed by atoms with Crippen molar-refractivity contribution < 1.29 is 0 Å². The molecule has 0 saturated heterocycles. The molecule has 2 N–H and O–H groups in total. The number of aromatic nitrogens is 2. The van der Waals surface area contributed by atoms with Crippen LogP contribution in [-0.2, 0) is 6.42 Å². The highest BCUT2D eigenvalue weighted by Crippen LogP contribution is 2.37. The summed E-state index contributed by atoms with van der Waals surface area (Å²) in [6.07, 6.45) is 14.4. The molecule has 2 aliphatic rings. The van der Waals surface area contributed by atoms with Crippen LogP contribution in [0.25, 0.3) is 22.0 Å². The number of hydrogen-bond donors (Lipinski definition) is 2. The van der Waals surface area contributed by atoms with Crippen LogP contribution in [0.5, 0.6) is 0 Å². The lowest BCUT2D eigenvalue weighted by atomic mass is 9.88. The third-order valence-corrected chi connectivity index (χ3v) is 6.26. The highest BCUT2D eigenvalue weighted by molar-refractivity contribution is 5.89. The van der Waals surface area contributed by atoms with E-state index in [1.165, 1.54) is 84.7 Å². The maximum atomic E-state index is 4.14. The highest BCUT2D eigenvalue weighted by atomic mass is 15.0. The quantitative estimate of drug-likeness (QED) is 0.655. The number of hydrogen-bond acceptors (Lipinski definition) is 2. The van der Waals surface area contributed by atoms with Crippen LogP contribution in [0.2, 0.25) is 0 Å². The lowest BCUT2D eigenvalue weighted by molar-refractivity contribution is 0.318. The summed E-state index contributed by atoms with van der Waals surface area (Å²) in [5, 5.41) is 5.39. The van der Waals surface area contributed by atoms with Crippen molar-refractivity contribution in [3.8, 4) is 11.1 Å². The molecule has 1 fully saturated rings. The van der Waals surface area contributed by atoms with E-state index in [9.17, 15) is 0 Å². The van der Waals surface area contributed by atoms with E-state index in [0.717, 1.165) is 0 Å². The van der Waals surface area contributed by atoms with Gasteiger partial charge in [-0.1, -0.05) is 25.3 Å². The zero-order chi connectivity index (χ0) is 17.3. The normalized spacial score (nSPS) is 21.0. The van der Waals surface area contributed by atoms with Crippen molar-refractivity contribution >= 4 is 10.9 Å². The maximum absolute atomic E-state index is 4.14. The van der Waals surface area contributed by atoms with Crippen molar-refractivity contribution in [1.82, 2.24) is 15.3 Å². The Morgan fingerprint density at radius 1 is 0.885 bits per heavy atom. The van der Waals surface area contributed by atoms with Gasteiger partial charge in [-0.15, -0.1) is 0 Å². The second-order valence-corrected chi connectivity index (χ2v) is 7.96. The summed E-state index contributed by atoms with van der Waals surface area (Å²) in [7, 11) is 0. The number of aryl methyl sites for hydroxylation is 1. The molecule has 2 heterocycles. The number of aromatic amines is 1. The zero-order valence-electron chi connectivity index (χ0n) is 15.3. The van der Waals surface area contributed by atoms with Gasteiger partial charge in [-0.3, -0.25) is 4.98 Å². The number of rotatable bonds is 3. The van der Waals surface area contributed by atoms with Gasteiger partial charge >= 0.3 is 0 Å². The van der Waals surface area contributed by atoms with E-state index >= 15 is 0 Å². The molecule has 1 unspecified atom stereocenters. The molecular formula is C23H27N3. The van der Waals surface area contributed by atoms with Crippen molar-refractivity contribution in [2.45, 2.75) is 63.5 Å². The first-order valence-electron chi connectivity index (χ1n) is 10.2. The van der Waals surface area contributed by atoms with Crippen LogP contribution in [0, 0.1) is 0 Å². The van der Waals surface area contributed by atoms with Crippen LogP contribution in [0.1, 0.15) is 62.2 Å². The van der Waals surface area contributed by atoms with Crippen LogP contribution in [0.4, 0.5) is 0 Å². The molecule has 3 nitrogen and oxygen atoms in total. The molecule has 3 heteroatoms. The fourth-order valence-electron chi connectivity index (χ4n) is 4.91. The van der Waals surface area contributed by atoms with Crippen LogP contribution in [0.3, 0.4) is 0 Å². The first-order chi connectivity index (χ1) is 12.9. The van der Waals surface area contributed by atoms with E-state index in [2.05, 4.69) is 45.6 Å². The Bertz CT molecular complexity index is 890. The van der Waals surface area contributed by atoms with E-state index in [1.54, 1.807) is 0 Å². The molecular weight excluding hydrogens is 318 g/mol. The summed E-state index contributed by atoms with van der Waals surface area (Å²) in [4.78, 5) is 7.90. The van der Waals surface area contributed by atoms with Crippen LogP contribution in [0.15, 0.2) is 42.7 Å². The molecule has 1 atom stereocenters. The van der Waals surface area contributed by atoms with Crippen molar-refractivity contribution in [3.63, 3.8) is 0 Å². The zero-order valence-corrected chi connectivity index (χ0v) is 15.3. The number of nitrogens with one attached hydrogen (secondary N) is 2. The second-order valence-electron chi connectivity index (χ2n) is 7.96. The van der Waals surface area contributed by atoms with Gasteiger partial charge in [0, 0.05) is 41.1 Å². The molecule has 0 amide bonds. The molecule has 0 bridgehead atoms. The number of H-pyrrole nitrogens is 1. The standard InChI is InChI=1S/C23H27N3/c1-2-5-18(6-3-1)25-22-8-4-7-19-20-15-17(16-11-13-24-14-12-16)9-10-21(20)26-23(19)22/h9-15,18,22,25-26H,1-8H2. The van der Waals surface area contributed by atoms with Crippen LogP contribution >= 0.6 is 0 Å². The van der Waals surface area contributed by atoms with E-state index < -0.39 is 0 Å². The summed E-state index contributed by atoms with van der Waals surface area (Å²) in [6, 6.07) is 12.2. The maximum Gasteiger partial charge on any atom is 0.0478 e. The first kappa shape index (κ1) is 16.1. The molecule has 1 saturated carbocycles. The largest absolute Gasteiger partial charge is 0.357 e. The minimum Gasteiger partial charge on any atom is -0.357 e. The Morgan fingerprint density at radius 3 is 2.58 bits per heavy atom.